The second-order valence-corrected chi connectivity index (χ2v) is 4.52. The number of likely N-dealkylation sites (N-methyl/N-ethyl adjacent to an activating group) is 1. The van der Waals surface area contributed by atoms with Crippen LogP contribution in [-0.2, 0) is 22.6 Å². The molecule has 7 heteroatoms. The van der Waals surface area contributed by atoms with E-state index >= 15 is 0 Å². The summed E-state index contributed by atoms with van der Waals surface area (Å²) in [5.41, 5.74) is 6.12. The van der Waals surface area contributed by atoms with Crippen molar-refractivity contribution in [3.05, 3.63) is 11.9 Å². The molecule has 100 valence electrons. The van der Waals surface area contributed by atoms with Crippen LogP contribution < -0.4 is 5.73 Å². The Hall–Kier alpha value is -1.47. The molecule has 0 spiro atoms. The van der Waals surface area contributed by atoms with Gasteiger partial charge in [-0.25, -0.2) is 4.68 Å². The third-order valence-electron chi connectivity index (χ3n) is 3.02. The molecule has 1 aliphatic rings. The van der Waals surface area contributed by atoms with Gasteiger partial charge in [0, 0.05) is 26.7 Å². The van der Waals surface area contributed by atoms with Crippen molar-refractivity contribution in [2.45, 2.75) is 32.0 Å². The number of carbonyl (C=O) groups excluding carboxylic acids is 1. The van der Waals surface area contributed by atoms with Crippen LogP contribution in [0, 0.1) is 0 Å². The van der Waals surface area contributed by atoms with Gasteiger partial charge in [0.1, 0.15) is 6.54 Å². The van der Waals surface area contributed by atoms with E-state index in [1.807, 2.05) is 0 Å². The molecule has 1 aromatic heterocycles. The second kappa shape index (κ2) is 5.92. The van der Waals surface area contributed by atoms with Crippen LogP contribution in [0.3, 0.4) is 0 Å². The fourth-order valence-corrected chi connectivity index (χ4v) is 1.96. The molecule has 0 saturated carbocycles. The molecule has 0 radical (unpaired) electrons. The van der Waals surface area contributed by atoms with Gasteiger partial charge in [-0.3, -0.25) is 4.79 Å². The highest BCUT2D eigenvalue weighted by molar-refractivity contribution is 5.75. The molecule has 0 aromatic carbocycles. The van der Waals surface area contributed by atoms with Crippen LogP contribution in [0.4, 0.5) is 0 Å². The molecule has 18 heavy (non-hydrogen) atoms. The standard InChI is InChI=1S/C11H19N5O2/c1-15(7-10-3-2-4-18-10)11(17)8-16-6-9(5-12)13-14-16/h6,10H,2-5,7-8,12H2,1H3. The molecule has 2 N–H and O–H groups in total. The summed E-state index contributed by atoms with van der Waals surface area (Å²) in [6, 6.07) is 0. The normalized spacial score (nSPS) is 19.1. The van der Waals surface area contributed by atoms with Crippen LogP contribution in [0.2, 0.25) is 0 Å². The minimum atomic E-state index is -0.000952. The van der Waals surface area contributed by atoms with Crippen LogP contribution >= 0.6 is 0 Å². The minimum Gasteiger partial charge on any atom is -0.376 e. The van der Waals surface area contributed by atoms with Gasteiger partial charge in [0.2, 0.25) is 5.91 Å². The van der Waals surface area contributed by atoms with E-state index in [1.165, 1.54) is 4.68 Å². The molecule has 1 aromatic rings. The van der Waals surface area contributed by atoms with E-state index in [9.17, 15) is 4.79 Å². The number of ether oxygens (including phenoxy) is 1. The highest BCUT2D eigenvalue weighted by Gasteiger charge is 2.20. The summed E-state index contributed by atoms with van der Waals surface area (Å²) in [6.45, 7) is 1.96. The first-order valence-corrected chi connectivity index (χ1v) is 6.13. The summed E-state index contributed by atoms with van der Waals surface area (Å²) in [4.78, 5) is 13.6. The van der Waals surface area contributed by atoms with Crippen molar-refractivity contribution in [2.24, 2.45) is 5.73 Å². The predicted octanol–water partition coefficient (Wildman–Crippen LogP) is -0.626. The van der Waals surface area contributed by atoms with Crippen LogP contribution in [0.1, 0.15) is 18.5 Å². The number of hydrogen-bond acceptors (Lipinski definition) is 5. The molecule has 2 rings (SSSR count). The maximum atomic E-state index is 11.9. The van der Waals surface area contributed by atoms with Crippen molar-refractivity contribution in [3.8, 4) is 0 Å². The molecule has 2 heterocycles. The predicted molar refractivity (Wildman–Crippen MR) is 64.5 cm³/mol. The molecule has 1 atom stereocenters. The Kier molecular flexibility index (Phi) is 4.27. The highest BCUT2D eigenvalue weighted by atomic mass is 16.5. The summed E-state index contributed by atoms with van der Waals surface area (Å²) >= 11 is 0. The highest BCUT2D eigenvalue weighted by Crippen LogP contribution is 2.12. The molecule has 1 saturated heterocycles. The van der Waals surface area contributed by atoms with Crippen molar-refractivity contribution in [2.75, 3.05) is 20.2 Å². The Bertz CT molecular complexity index is 400. The molecule has 0 bridgehead atoms. The molecular formula is C11H19N5O2. The molecule has 7 nitrogen and oxygen atoms in total. The lowest BCUT2D eigenvalue weighted by molar-refractivity contribution is -0.132. The lowest BCUT2D eigenvalue weighted by Gasteiger charge is -2.20. The number of carbonyl (C=O) groups is 1. The lowest BCUT2D eigenvalue weighted by Crippen LogP contribution is -2.36. The topological polar surface area (TPSA) is 86.3 Å². The number of nitrogens with zero attached hydrogens (tertiary/aromatic N) is 4. The van der Waals surface area contributed by atoms with Gasteiger partial charge in [-0.1, -0.05) is 5.21 Å². The van der Waals surface area contributed by atoms with Gasteiger partial charge in [0.05, 0.1) is 18.0 Å². The van der Waals surface area contributed by atoms with Gasteiger partial charge in [0.15, 0.2) is 0 Å². The Labute approximate surface area is 106 Å². The Morgan fingerprint density at radius 2 is 2.56 bits per heavy atom. The van der Waals surface area contributed by atoms with Crippen molar-refractivity contribution in [3.63, 3.8) is 0 Å². The third kappa shape index (κ3) is 3.27. The monoisotopic (exact) mass is 253 g/mol. The third-order valence-corrected chi connectivity index (χ3v) is 3.02. The Morgan fingerprint density at radius 1 is 1.72 bits per heavy atom. The maximum Gasteiger partial charge on any atom is 0.244 e. The lowest BCUT2D eigenvalue weighted by atomic mass is 10.2. The summed E-state index contributed by atoms with van der Waals surface area (Å²) in [7, 11) is 1.78. The van der Waals surface area contributed by atoms with E-state index in [0.717, 1.165) is 19.4 Å². The molecule has 1 fully saturated rings. The molecular weight excluding hydrogens is 234 g/mol. The van der Waals surface area contributed by atoms with Gasteiger partial charge in [0.25, 0.3) is 0 Å². The quantitative estimate of drug-likeness (QED) is 0.755. The first-order chi connectivity index (χ1) is 8.69. The average Bonchev–Trinajstić information content (AvgIpc) is 3.00. The van der Waals surface area contributed by atoms with Crippen LogP contribution in [0.5, 0.6) is 0 Å². The number of nitrogens with two attached hydrogens (primary N) is 1. The van der Waals surface area contributed by atoms with Crippen molar-refractivity contribution in [1.29, 1.82) is 0 Å². The zero-order valence-corrected chi connectivity index (χ0v) is 10.6. The SMILES string of the molecule is CN(CC1CCCO1)C(=O)Cn1cc(CN)nn1. The number of hydrogen-bond donors (Lipinski definition) is 1. The molecule has 0 aliphatic carbocycles. The zero-order valence-electron chi connectivity index (χ0n) is 10.6. The van der Waals surface area contributed by atoms with Gasteiger partial charge < -0.3 is 15.4 Å². The summed E-state index contributed by atoms with van der Waals surface area (Å²) in [5.74, 6) is -0.000952. The van der Waals surface area contributed by atoms with E-state index in [0.29, 0.717) is 18.8 Å². The summed E-state index contributed by atoms with van der Waals surface area (Å²) in [5, 5.41) is 7.69. The minimum absolute atomic E-state index is 0.000952. The fourth-order valence-electron chi connectivity index (χ4n) is 1.96. The second-order valence-electron chi connectivity index (χ2n) is 4.52. The zero-order chi connectivity index (χ0) is 13.0. The largest absolute Gasteiger partial charge is 0.376 e. The summed E-state index contributed by atoms with van der Waals surface area (Å²) < 4.78 is 7.01. The van der Waals surface area contributed by atoms with E-state index in [2.05, 4.69) is 10.3 Å². The Morgan fingerprint density at radius 3 is 3.17 bits per heavy atom. The number of amides is 1. The van der Waals surface area contributed by atoms with Crippen molar-refractivity contribution >= 4 is 5.91 Å². The molecule has 1 unspecified atom stereocenters. The van der Waals surface area contributed by atoms with Crippen LogP contribution in [0.15, 0.2) is 6.20 Å². The molecule has 1 aliphatic heterocycles. The van der Waals surface area contributed by atoms with E-state index in [4.69, 9.17) is 10.5 Å². The van der Waals surface area contributed by atoms with Gasteiger partial charge in [-0.05, 0) is 12.8 Å². The van der Waals surface area contributed by atoms with Crippen molar-refractivity contribution < 1.29 is 9.53 Å². The van der Waals surface area contributed by atoms with Gasteiger partial charge in [-0.2, -0.15) is 0 Å². The van der Waals surface area contributed by atoms with Crippen molar-refractivity contribution in [1.82, 2.24) is 19.9 Å². The number of rotatable bonds is 5. The maximum absolute atomic E-state index is 11.9. The summed E-state index contributed by atoms with van der Waals surface area (Å²) in [6.07, 6.45) is 3.97. The number of aromatic nitrogens is 3. The first-order valence-electron chi connectivity index (χ1n) is 6.13. The molecule has 1 amide bonds. The first kappa shape index (κ1) is 13.0. The Balaban J connectivity index is 1.82. The van der Waals surface area contributed by atoms with E-state index in [-0.39, 0.29) is 18.6 Å². The van der Waals surface area contributed by atoms with E-state index in [1.54, 1.807) is 18.1 Å². The van der Waals surface area contributed by atoms with Crippen LogP contribution in [-0.4, -0.2) is 52.1 Å². The van der Waals surface area contributed by atoms with Gasteiger partial charge in [-0.15, -0.1) is 5.10 Å². The smallest absolute Gasteiger partial charge is 0.244 e. The average molecular weight is 253 g/mol. The van der Waals surface area contributed by atoms with Gasteiger partial charge >= 0.3 is 0 Å². The van der Waals surface area contributed by atoms with E-state index < -0.39 is 0 Å². The van der Waals surface area contributed by atoms with Crippen LogP contribution in [0.25, 0.3) is 0 Å². The fraction of sp³-hybridized carbons (Fsp3) is 0.727.